The van der Waals surface area contributed by atoms with Gasteiger partial charge in [0.05, 0.1) is 10.6 Å². The Morgan fingerprint density at radius 2 is 1.60 bits per heavy atom. The fourth-order valence-corrected chi connectivity index (χ4v) is 6.37. The number of rotatable bonds is 10. The molecule has 0 spiro atoms. The second-order valence-corrected chi connectivity index (χ2v) is 12.1. The van der Waals surface area contributed by atoms with Crippen LogP contribution in [0, 0.1) is 13.8 Å². The average Bonchev–Trinajstić information content (AvgIpc) is 2.81. The molecule has 3 rings (SSSR count). The van der Waals surface area contributed by atoms with E-state index >= 15 is 0 Å². The molecule has 1 N–H and O–H groups in total. The van der Waals surface area contributed by atoms with Crippen LogP contribution >= 0.6 is 46.6 Å². The minimum Gasteiger partial charge on any atom is -0.354 e. The summed E-state index contributed by atoms with van der Waals surface area (Å²) in [4.78, 5) is 12.8. The number of halogens is 3. The van der Waals surface area contributed by atoms with E-state index < -0.39 is 15.9 Å². The van der Waals surface area contributed by atoms with Gasteiger partial charge in [-0.2, -0.15) is 11.8 Å². The van der Waals surface area contributed by atoms with Gasteiger partial charge in [-0.15, -0.1) is 0 Å². The monoisotopic (exact) mass is 570 g/mol. The highest BCUT2D eigenvalue weighted by Crippen LogP contribution is 2.29. The average molecular weight is 572 g/mol. The molecule has 0 unspecified atom stereocenters. The molecule has 0 aliphatic carbocycles. The zero-order valence-electron chi connectivity index (χ0n) is 19.2. The number of hydrogen-bond acceptors (Lipinski definition) is 4. The molecule has 0 aromatic heterocycles. The normalized spacial score (nSPS) is 11.3. The van der Waals surface area contributed by atoms with Gasteiger partial charge >= 0.3 is 0 Å². The Bertz CT molecular complexity index is 1280. The van der Waals surface area contributed by atoms with Crippen molar-refractivity contribution in [2.24, 2.45) is 0 Å². The summed E-state index contributed by atoms with van der Waals surface area (Å²) in [5.74, 6) is 0.784. The van der Waals surface area contributed by atoms with E-state index in [1.807, 2.05) is 13.8 Å². The molecule has 5 nitrogen and oxygen atoms in total. The van der Waals surface area contributed by atoms with Crippen molar-refractivity contribution in [3.8, 4) is 0 Å². The summed E-state index contributed by atoms with van der Waals surface area (Å²) >= 11 is 20.2. The van der Waals surface area contributed by atoms with Crippen molar-refractivity contribution in [3.63, 3.8) is 0 Å². The molecule has 1 amide bonds. The van der Waals surface area contributed by atoms with Crippen LogP contribution in [-0.2, 0) is 20.6 Å². The molecule has 0 heterocycles. The first-order chi connectivity index (χ1) is 16.6. The Morgan fingerprint density at radius 3 is 2.23 bits per heavy atom. The Hall–Kier alpha value is -1.90. The zero-order valence-corrected chi connectivity index (χ0v) is 23.1. The highest BCUT2D eigenvalue weighted by atomic mass is 35.5. The second kappa shape index (κ2) is 12.4. The number of carbonyl (C=O) groups is 1. The number of amides is 1. The standard InChI is InChI=1S/C25H25Cl3N2O3S2/c1-17-6-10-20(11-7-17)35(32,33)30(19-9-8-18(2)24(28)14-19)15-25(31)29-12-13-34-16-21-22(26)4-3-5-23(21)27/h3-11,14H,12-13,15-16H2,1-2H3,(H,29,31). The van der Waals surface area contributed by atoms with E-state index in [1.54, 1.807) is 60.3 Å². The van der Waals surface area contributed by atoms with Crippen molar-refractivity contribution in [2.45, 2.75) is 24.5 Å². The fraction of sp³-hybridized carbons (Fsp3) is 0.240. The van der Waals surface area contributed by atoms with Gasteiger partial charge in [0.25, 0.3) is 10.0 Å². The van der Waals surface area contributed by atoms with E-state index in [2.05, 4.69) is 5.32 Å². The molecule has 0 saturated carbocycles. The van der Waals surface area contributed by atoms with Crippen LogP contribution in [0.15, 0.2) is 65.6 Å². The molecule has 186 valence electrons. The largest absolute Gasteiger partial charge is 0.354 e. The topological polar surface area (TPSA) is 66.5 Å². The first-order valence-corrected chi connectivity index (χ1v) is 14.5. The molecular formula is C25H25Cl3N2O3S2. The van der Waals surface area contributed by atoms with Crippen LogP contribution in [0.25, 0.3) is 0 Å². The molecule has 10 heteroatoms. The molecule has 0 radical (unpaired) electrons. The van der Waals surface area contributed by atoms with Crippen molar-refractivity contribution in [2.75, 3.05) is 23.1 Å². The lowest BCUT2D eigenvalue weighted by molar-refractivity contribution is -0.119. The predicted octanol–water partition coefficient (Wildman–Crippen LogP) is 6.51. The van der Waals surface area contributed by atoms with Crippen molar-refractivity contribution >= 4 is 68.2 Å². The number of sulfonamides is 1. The third kappa shape index (κ3) is 7.30. The van der Waals surface area contributed by atoms with Gasteiger partial charge in [-0.3, -0.25) is 9.10 Å². The predicted molar refractivity (Wildman–Crippen MR) is 148 cm³/mol. The van der Waals surface area contributed by atoms with Crippen molar-refractivity contribution in [3.05, 3.63) is 92.4 Å². The molecule has 0 fully saturated rings. The van der Waals surface area contributed by atoms with Crippen molar-refractivity contribution < 1.29 is 13.2 Å². The highest BCUT2D eigenvalue weighted by molar-refractivity contribution is 7.98. The van der Waals surface area contributed by atoms with Gasteiger partial charge in [-0.05, 0) is 61.4 Å². The molecule has 3 aromatic carbocycles. The smallest absolute Gasteiger partial charge is 0.264 e. The maximum Gasteiger partial charge on any atom is 0.264 e. The van der Waals surface area contributed by atoms with Gasteiger partial charge in [-0.1, -0.05) is 64.6 Å². The fourth-order valence-electron chi connectivity index (χ4n) is 3.18. The molecule has 0 aliphatic heterocycles. The molecule has 0 saturated heterocycles. The van der Waals surface area contributed by atoms with Crippen LogP contribution in [0.2, 0.25) is 15.1 Å². The summed E-state index contributed by atoms with van der Waals surface area (Å²) in [5.41, 5.74) is 2.91. The van der Waals surface area contributed by atoms with E-state index in [0.717, 1.165) is 21.0 Å². The minimum atomic E-state index is -4.00. The first kappa shape index (κ1) is 27.7. The summed E-state index contributed by atoms with van der Waals surface area (Å²) in [7, 11) is -4.00. The lowest BCUT2D eigenvalue weighted by Gasteiger charge is -2.24. The molecular weight excluding hydrogens is 547 g/mol. The summed E-state index contributed by atoms with van der Waals surface area (Å²) < 4.78 is 28.0. The van der Waals surface area contributed by atoms with Crippen LogP contribution in [-0.4, -0.2) is 33.2 Å². The quantitative estimate of drug-likeness (QED) is 0.282. The number of benzene rings is 3. The summed E-state index contributed by atoms with van der Waals surface area (Å²) in [6, 6.07) is 16.8. The third-order valence-electron chi connectivity index (χ3n) is 5.22. The van der Waals surface area contributed by atoms with Crippen LogP contribution in [0.4, 0.5) is 5.69 Å². The lowest BCUT2D eigenvalue weighted by Crippen LogP contribution is -2.41. The van der Waals surface area contributed by atoms with Crippen LogP contribution in [0.5, 0.6) is 0 Å². The van der Waals surface area contributed by atoms with Gasteiger partial charge in [-0.25, -0.2) is 8.42 Å². The number of nitrogens with one attached hydrogen (secondary N) is 1. The Labute approximate surface area is 225 Å². The second-order valence-electron chi connectivity index (χ2n) is 7.86. The van der Waals surface area contributed by atoms with Gasteiger partial charge in [0.2, 0.25) is 5.91 Å². The van der Waals surface area contributed by atoms with Gasteiger partial charge < -0.3 is 5.32 Å². The van der Waals surface area contributed by atoms with E-state index in [4.69, 9.17) is 34.8 Å². The SMILES string of the molecule is Cc1ccc(S(=O)(=O)N(CC(=O)NCCSCc2c(Cl)cccc2Cl)c2ccc(C)c(Cl)c2)cc1. The number of hydrogen-bond donors (Lipinski definition) is 1. The zero-order chi connectivity index (χ0) is 25.6. The van der Waals surface area contributed by atoms with Crippen molar-refractivity contribution in [1.29, 1.82) is 0 Å². The molecule has 0 aliphatic rings. The maximum atomic E-state index is 13.4. The Balaban J connectivity index is 1.68. The highest BCUT2D eigenvalue weighted by Gasteiger charge is 2.27. The van der Waals surface area contributed by atoms with E-state index in [0.29, 0.717) is 38.8 Å². The molecule has 3 aromatic rings. The lowest BCUT2D eigenvalue weighted by atomic mass is 10.2. The summed E-state index contributed by atoms with van der Waals surface area (Å²) in [5, 5.41) is 4.41. The minimum absolute atomic E-state index is 0.0970. The summed E-state index contributed by atoms with van der Waals surface area (Å²) in [6.07, 6.45) is 0. The van der Waals surface area contributed by atoms with E-state index in [-0.39, 0.29) is 11.4 Å². The third-order valence-corrected chi connectivity index (χ3v) is 9.11. The number of aryl methyl sites for hydroxylation is 2. The molecule has 35 heavy (non-hydrogen) atoms. The van der Waals surface area contributed by atoms with E-state index in [1.165, 1.54) is 12.1 Å². The number of carbonyl (C=O) groups excluding carboxylic acids is 1. The van der Waals surface area contributed by atoms with Crippen LogP contribution in [0.3, 0.4) is 0 Å². The van der Waals surface area contributed by atoms with Crippen molar-refractivity contribution in [1.82, 2.24) is 5.32 Å². The molecule has 0 bridgehead atoms. The number of nitrogens with zero attached hydrogens (tertiary/aromatic N) is 1. The van der Waals surface area contributed by atoms with Gasteiger partial charge in [0.15, 0.2) is 0 Å². The maximum absolute atomic E-state index is 13.4. The Morgan fingerprint density at radius 1 is 0.943 bits per heavy atom. The molecule has 0 atom stereocenters. The summed E-state index contributed by atoms with van der Waals surface area (Å²) in [6.45, 7) is 3.68. The van der Waals surface area contributed by atoms with Crippen LogP contribution < -0.4 is 9.62 Å². The number of anilines is 1. The van der Waals surface area contributed by atoms with Gasteiger partial charge in [0, 0.05) is 33.1 Å². The number of thioether (sulfide) groups is 1. The van der Waals surface area contributed by atoms with E-state index in [9.17, 15) is 13.2 Å². The van der Waals surface area contributed by atoms with Crippen LogP contribution in [0.1, 0.15) is 16.7 Å². The van der Waals surface area contributed by atoms with Gasteiger partial charge in [0.1, 0.15) is 6.54 Å². The Kier molecular flexibility index (Phi) is 9.78. The first-order valence-electron chi connectivity index (χ1n) is 10.7.